The molecule has 0 atom stereocenters. The Hall–Kier alpha value is -1.42. The fourth-order valence-corrected chi connectivity index (χ4v) is 2.36. The molecule has 0 aliphatic heterocycles. The van der Waals surface area contributed by atoms with Crippen LogP contribution in [0.2, 0.25) is 5.02 Å². The van der Waals surface area contributed by atoms with Crippen LogP contribution in [0.4, 0.5) is 11.4 Å². The first kappa shape index (κ1) is 14.6. The minimum Gasteiger partial charge on any atom is -0.399 e. The third-order valence-electron chi connectivity index (χ3n) is 2.44. The lowest BCUT2D eigenvalue weighted by Crippen LogP contribution is -2.31. The summed E-state index contributed by atoms with van der Waals surface area (Å²) in [6, 6.07) is 3.19. The Balaban J connectivity index is 3.26. The zero-order chi connectivity index (χ0) is 14.1. The van der Waals surface area contributed by atoms with E-state index in [9.17, 15) is 4.79 Å². The molecule has 4 nitrogen and oxygen atoms in total. The highest BCUT2D eigenvalue weighted by Crippen LogP contribution is 2.33. The van der Waals surface area contributed by atoms with Gasteiger partial charge in [0, 0.05) is 19.3 Å². The van der Waals surface area contributed by atoms with Crippen LogP contribution >= 0.6 is 11.6 Å². The molecular formula is C13H20ClN3O. The van der Waals surface area contributed by atoms with Gasteiger partial charge in [-0.05, 0) is 17.5 Å². The largest absolute Gasteiger partial charge is 0.399 e. The van der Waals surface area contributed by atoms with Crippen LogP contribution in [0.15, 0.2) is 12.1 Å². The standard InChI is InChI=1S/C13H20ClN3O/c1-13(2,3)7-17(4)11-9(12(16)18)5-8(15)6-10(11)14/h5-6H,7,15H2,1-4H3,(H2,16,18). The number of rotatable bonds is 3. The van der Waals surface area contributed by atoms with Crippen LogP contribution in [0.1, 0.15) is 31.1 Å². The molecule has 1 aromatic carbocycles. The molecule has 18 heavy (non-hydrogen) atoms. The van der Waals surface area contributed by atoms with Crippen molar-refractivity contribution in [2.45, 2.75) is 20.8 Å². The molecule has 0 radical (unpaired) electrons. The Kier molecular flexibility index (Phi) is 4.12. The number of amides is 1. The summed E-state index contributed by atoms with van der Waals surface area (Å²) in [7, 11) is 1.88. The highest BCUT2D eigenvalue weighted by molar-refractivity contribution is 6.34. The van der Waals surface area contributed by atoms with Crippen LogP contribution in [0.25, 0.3) is 0 Å². The molecule has 0 saturated carbocycles. The van der Waals surface area contributed by atoms with Crippen LogP contribution in [-0.4, -0.2) is 19.5 Å². The Morgan fingerprint density at radius 3 is 2.39 bits per heavy atom. The first-order valence-electron chi connectivity index (χ1n) is 5.72. The average Bonchev–Trinajstić information content (AvgIpc) is 2.12. The molecule has 0 fully saturated rings. The molecule has 0 aromatic heterocycles. The van der Waals surface area contributed by atoms with Gasteiger partial charge in [0.05, 0.1) is 16.3 Å². The smallest absolute Gasteiger partial charge is 0.250 e. The van der Waals surface area contributed by atoms with Crippen LogP contribution in [0.5, 0.6) is 0 Å². The maximum Gasteiger partial charge on any atom is 0.250 e. The van der Waals surface area contributed by atoms with E-state index in [1.807, 2.05) is 11.9 Å². The van der Waals surface area contributed by atoms with Crippen LogP contribution < -0.4 is 16.4 Å². The molecule has 1 aromatic rings. The molecule has 0 aliphatic rings. The lowest BCUT2D eigenvalue weighted by Gasteiger charge is -2.30. The normalized spacial score (nSPS) is 11.4. The summed E-state index contributed by atoms with van der Waals surface area (Å²) < 4.78 is 0. The quantitative estimate of drug-likeness (QED) is 0.828. The number of hydrogen-bond donors (Lipinski definition) is 2. The van der Waals surface area contributed by atoms with Crippen molar-refractivity contribution in [1.29, 1.82) is 0 Å². The van der Waals surface area contributed by atoms with E-state index in [2.05, 4.69) is 20.8 Å². The number of nitrogen functional groups attached to an aromatic ring is 1. The number of halogens is 1. The number of hydrogen-bond acceptors (Lipinski definition) is 3. The van der Waals surface area contributed by atoms with E-state index in [-0.39, 0.29) is 5.41 Å². The zero-order valence-electron chi connectivity index (χ0n) is 11.2. The topological polar surface area (TPSA) is 72.3 Å². The van der Waals surface area contributed by atoms with Crippen molar-refractivity contribution >= 4 is 28.9 Å². The first-order chi connectivity index (χ1) is 8.11. The number of primary amides is 1. The molecule has 0 bridgehead atoms. The van der Waals surface area contributed by atoms with Gasteiger partial charge in [0.15, 0.2) is 0 Å². The minimum absolute atomic E-state index is 0.0778. The van der Waals surface area contributed by atoms with Crippen molar-refractivity contribution in [2.75, 3.05) is 24.2 Å². The van der Waals surface area contributed by atoms with Gasteiger partial charge in [-0.15, -0.1) is 0 Å². The second kappa shape index (κ2) is 5.06. The van der Waals surface area contributed by atoms with Gasteiger partial charge in [0.25, 0.3) is 5.91 Å². The third-order valence-corrected chi connectivity index (χ3v) is 2.73. The molecular weight excluding hydrogens is 250 g/mol. The fourth-order valence-electron chi connectivity index (χ4n) is 1.99. The first-order valence-corrected chi connectivity index (χ1v) is 6.09. The predicted molar refractivity (Wildman–Crippen MR) is 77.1 cm³/mol. The Morgan fingerprint density at radius 2 is 1.94 bits per heavy atom. The van der Waals surface area contributed by atoms with E-state index >= 15 is 0 Å². The Labute approximate surface area is 113 Å². The summed E-state index contributed by atoms with van der Waals surface area (Å²) in [6.07, 6.45) is 0. The van der Waals surface area contributed by atoms with Crippen molar-refractivity contribution in [2.24, 2.45) is 11.1 Å². The summed E-state index contributed by atoms with van der Waals surface area (Å²) in [5.74, 6) is -0.528. The SMILES string of the molecule is CN(CC(C)(C)C)c1c(Cl)cc(N)cc1C(N)=O. The zero-order valence-corrected chi connectivity index (χ0v) is 12.0. The molecule has 0 spiro atoms. The maximum atomic E-state index is 11.5. The number of benzene rings is 1. The summed E-state index contributed by atoms with van der Waals surface area (Å²) in [5.41, 5.74) is 12.6. The van der Waals surface area contributed by atoms with Crippen molar-refractivity contribution in [1.82, 2.24) is 0 Å². The van der Waals surface area contributed by atoms with Gasteiger partial charge in [-0.2, -0.15) is 0 Å². The molecule has 0 aliphatic carbocycles. The Bertz CT molecular complexity index is 466. The molecule has 1 rings (SSSR count). The molecule has 100 valence electrons. The van der Waals surface area contributed by atoms with E-state index < -0.39 is 5.91 Å². The van der Waals surface area contributed by atoms with E-state index in [4.69, 9.17) is 23.1 Å². The number of carbonyl (C=O) groups is 1. The van der Waals surface area contributed by atoms with Crippen LogP contribution in [-0.2, 0) is 0 Å². The second-order valence-corrected chi connectivity index (χ2v) is 6.09. The number of carbonyl (C=O) groups excluding carboxylic acids is 1. The minimum atomic E-state index is -0.528. The maximum absolute atomic E-state index is 11.5. The summed E-state index contributed by atoms with van der Waals surface area (Å²) >= 11 is 6.17. The predicted octanol–water partition coefficient (Wildman–Crippen LogP) is 2.50. The van der Waals surface area contributed by atoms with E-state index in [0.717, 1.165) is 6.54 Å². The van der Waals surface area contributed by atoms with Gasteiger partial charge in [0.2, 0.25) is 0 Å². The van der Waals surface area contributed by atoms with Gasteiger partial charge >= 0.3 is 0 Å². The average molecular weight is 270 g/mol. The summed E-state index contributed by atoms with van der Waals surface area (Å²) in [5, 5.41) is 0.440. The number of anilines is 2. The van der Waals surface area contributed by atoms with E-state index in [1.165, 1.54) is 0 Å². The van der Waals surface area contributed by atoms with Crippen molar-refractivity contribution in [3.63, 3.8) is 0 Å². The van der Waals surface area contributed by atoms with Gasteiger partial charge < -0.3 is 16.4 Å². The van der Waals surface area contributed by atoms with Gasteiger partial charge in [-0.25, -0.2) is 0 Å². The molecule has 0 unspecified atom stereocenters. The van der Waals surface area contributed by atoms with Crippen molar-refractivity contribution in [3.05, 3.63) is 22.7 Å². The molecule has 4 N–H and O–H groups in total. The molecule has 5 heteroatoms. The van der Waals surface area contributed by atoms with E-state index in [1.54, 1.807) is 12.1 Å². The highest BCUT2D eigenvalue weighted by Gasteiger charge is 2.21. The van der Waals surface area contributed by atoms with Crippen LogP contribution in [0.3, 0.4) is 0 Å². The summed E-state index contributed by atoms with van der Waals surface area (Å²) in [6.45, 7) is 7.08. The van der Waals surface area contributed by atoms with Crippen LogP contribution in [0, 0.1) is 5.41 Å². The lowest BCUT2D eigenvalue weighted by molar-refractivity contribution is 0.100. The monoisotopic (exact) mass is 269 g/mol. The highest BCUT2D eigenvalue weighted by atomic mass is 35.5. The number of nitrogens with two attached hydrogens (primary N) is 2. The molecule has 0 saturated heterocycles. The third kappa shape index (κ3) is 3.53. The molecule has 0 heterocycles. The second-order valence-electron chi connectivity index (χ2n) is 5.68. The lowest BCUT2D eigenvalue weighted by atomic mass is 9.95. The summed E-state index contributed by atoms with van der Waals surface area (Å²) in [4.78, 5) is 13.4. The van der Waals surface area contributed by atoms with Gasteiger partial charge in [-0.1, -0.05) is 32.4 Å². The van der Waals surface area contributed by atoms with E-state index in [0.29, 0.717) is 22.0 Å². The van der Waals surface area contributed by atoms with Gasteiger partial charge in [0.1, 0.15) is 0 Å². The number of nitrogens with zero attached hydrogens (tertiary/aromatic N) is 1. The molecule has 1 amide bonds. The fraction of sp³-hybridized carbons (Fsp3) is 0.462. The van der Waals surface area contributed by atoms with Crippen molar-refractivity contribution in [3.8, 4) is 0 Å². The van der Waals surface area contributed by atoms with Crippen molar-refractivity contribution < 1.29 is 4.79 Å². The Morgan fingerprint density at radius 1 is 1.39 bits per heavy atom. The van der Waals surface area contributed by atoms with Gasteiger partial charge in [-0.3, -0.25) is 4.79 Å².